The number of carbonyl (C=O) groups is 1. The maximum absolute atomic E-state index is 12.6. The van der Waals surface area contributed by atoms with Crippen LogP contribution in [0.5, 0.6) is 0 Å². The maximum atomic E-state index is 12.6. The summed E-state index contributed by atoms with van der Waals surface area (Å²) in [5.41, 5.74) is 1.90. The molecule has 0 spiro atoms. The zero-order valence-corrected chi connectivity index (χ0v) is 17.7. The predicted molar refractivity (Wildman–Crippen MR) is 114 cm³/mol. The van der Waals surface area contributed by atoms with Crippen molar-refractivity contribution in [1.29, 1.82) is 0 Å². The highest BCUT2D eigenvalue weighted by Crippen LogP contribution is 2.18. The Balaban J connectivity index is 1.26. The molecule has 3 aromatic rings. The Morgan fingerprint density at radius 2 is 1.90 bits per heavy atom. The molecule has 2 aromatic heterocycles. The molecule has 0 bridgehead atoms. The molecule has 0 aliphatic carbocycles. The number of aryl methyl sites for hydroxylation is 1. The number of amides is 1. The fourth-order valence-corrected chi connectivity index (χ4v) is 3.76. The number of hydrogen-bond acceptors (Lipinski definition) is 6. The molecule has 1 amide bonds. The minimum atomic E-state index is -0.0449. The highest BCUT2D eigenvalue weighted by molar-refractivity contribution is 6.31. The van der Waals surface area contributed by atoms with Crippen LogP contribution in [0.1, 0.15) is 17.0 Å². The summed E-state index contributed by atoms with van der Waals surface area (Å²) >= 11 is 6.24. The van der Waals surface area contributed by atoms with Gasteiger partial charge in [-0.2, -0.15) is 5.10 Å². The van der Waals surface area contributed by atoms with Gasteiger partial charge in [-0.3, -0.25) is 14.6 Å². The normalized spacial score (nSPS) is 15.4. The number of piperazine rings is 1. The van der Waals surface area contributed by atoms with E-state index in [1.54, 1.807) is 16.9 Å². The Labute approximate surface area is 180 Å². The van der Waals surface area contributed by atoms with Crippen LogP contribution in [0, 0.1) is 6.92 Å². The second-order valence-electron chi connectivity index (χ2n) is 7.49. The minimum Gasteiger partial charge on any atom is -0.361 e. The predicted octanol–water partition coefficient (Wildman–Crippen LogP) is 2.64. The Bertz CT molecular complexity index is 993. The molecule has 1 aromatic carbocycles. The fourth-order valence-electron chi connectivity index (χ4n) is 3.57. The zero-order chi connectivity index (χ0) is 20.9. The smallest absolute Gasteiger partial charge is 0.239 e. The van der Waals surface area contributed by atoms with E-state index in [2.05, 4.69) is 25.4 Å². The van der Waals surface area contributed by atoms with Crippen LogP contribution in [0.25, 0.3) is 0 Å². The maximum Gasteiger partial charge on any atom is 0.239 e. The number of nitrogens with zero attached hydrogens (tertiary/aromatic N) is 5. The van der Waals surface area contributed by atoms with Crippen molar-refractivity contribution in [3.05, 3.63) is 64.6 Å². The van der Waals surface area contributed by atoms with E-state index in [9.17, 15) is 4.79 Å². The number of anilines is 1. The summed E-state index contributed by atoms with van der Waals surface area (Å²) in [6, 6.07) is 11.4. The Morgan fingerprint density at radius 3 is 2.63 bits per heavy atom. The van der Waals surface area contributed by atoms with Gasteiger partial charge in [0.25, 0.3) is 0 Å². The van der Waals surface area contributed by atoms with Crippen LogP contribution in [-0.2, 0) is 17.9 Å². The van der Waals surface area contributed by atoms with Crippen LogP contribution < -0.4 is 5.32 Å². The van der Waals surface area contributed by atoms with Crippen molar-refractivity contribution < 1.29 is 9.32 Å². The molecule has 1 N–H and O–H groups in total. The van der Waals surface area contributed by atoms with Crippen molar-refractivity contribution in [3.63, 3.8) is 0 Å². The first kappa shape index (κ1) is 20.6. The number of nitrogens with one attached hydrogen (secondary N) is 1. The lowest BCUT2D eigenvalue weighted by atomic mass is 10.2. The molecule has 0 unspecified atom stereocenters. The van der Waals surface area contributed by atoms with Crippen LogP contribution in [0.2, 0.25) is 5.02 Å². The van der Waals surface area contributed by atoms with Crippen LogP contribution in [0.3, 0.4) is 0 Å². The van der Waals surface area contributed by atoms with Gasteiger partial charge in [-0.05, 0) is 18.6 Å². The van der Waals surface area contributed by atoms with E-state index >= 15 is 0 Å². The first-order valence-corrected chi connectivity index (χ1v) is 10.4. The van der Waals surface area contributed by atoms with Gasteiger partial charge < -0.3 is 9.84 Å². The number of carbonyl (C=O) groups excluding carboxylic acids is 1. The third-order valence-electron chi connectivity index (χ3n) is 5.16. The molecule has 3 heterocycles. The summed E-state index contributed by atoms with van der Waals surface area (Å²) in [6.07, 6.45) is 1.68. The molecule has 0 atom stereocenters. The molecule has 1 fully saturated rings. The molecule has 158 valence electrons. The van der Waals surface area contributed by atoms with Crippen molar-refractivity contribution in [2.45, 2.75) is 20.0 Å². The van der Waals surface area contributed by atoms with Gasteiger partial charge in [0.05, 0.1) is 25.0 Å². The van der Waals surface area contributed by atoms with Gasteiger partial charge >= 0.3 is 0 Å². The quantitative estimate of drug-likeness (QED) is 0.623. The number of halogens is 1. The SMILES string of the molecule is Cc1cc(CN2CCN(CC(=O)Nc3ccnn3Cc3ccccc3Cl)CC2)no1. The van der Waals surface area contributed by atoms with Crippen LogP contribution in [-0.4, -0.2) is 63.4 Å². The molecule has 1 saturated heterocycles. The summed E-state index contributed by atoms with van der Waals surface area (Å²) in [5, 5.41) is 12.0. The molecule has 0 saturated carbocycles. The number of hydrogen-bond donors (Lipinski definition) is 1. The number of benzene rings is 1. The average molecular weight is 429 g/mol. The Kier molecular flexibility index (Phi) is 6.47. The lowest BCUT2D eigenvalue weighted by molar-refractivity contribution is -0.117. The Hall–Kier alpha value is -2.68. The van der Waals surface area contributed by atoms with Gasteiger partial charge in [-0.1, -0.05) is 35.0 Å². The summed E-state index contributed by atoms with van der Waals surface area (Å²) in [7, 11) is 0. The van der Waals surface area contributed by atoms with Gasteiger partial charge in [0.2, 0.25) is 5.91 Å². The molecule has 9 heteroatoms. The third-order valence-corrected chi connectivity index (χ3v) is 5.53. The number of rotatable bonds is 7. The van der Waals surface area contributed by atoms with E-state index in [4.69, 9.17) is 16.1 Å². The average Bonchev–Trinajstić information content (AvgIpc) is 3.34. The second kappa shape index (κ2) is 9.42. The Morgan fingerprint density at radius 1 is 1.13 bits per heavy atom. The second-order valence-corrected chi connectivity index (χ2v) is 7.90. The van der Waals surface area contributed by atoms with Crippen molar-refractivity contribution >= 4 is 23.3 Å². The standard InChI is InChI=1S/C21H25ClN6O2/c1-16-12-18(25-30-16)14-26-8-10-27(11-9-26)15-21(29)24-20-6-7-23-28(20)13-17-4-2-3-5-19(17)22/h2-7,12H,8-11,13-15H2,1H3,(H,24,29). The van der Waals surface area contributed by atoms with Gasteiger partial charge in [-0.25, -0.2) is 4.68 Å². The highest BCUT2D eigenvalue weighted by atomic mass is 35.5. The van der Waals surface area contributed by atoms with E-state index in [0.717, 1.165) is 49.7 Å². The molecular formula is C21H25ClN6O2. The van der Waals surface area contributed by atoms with Crippen molar-refractivity contribution in [3.8, 4) is 0 Å². The highest BCUT2D eigenvalue weighted by Gasteiger charge is 2.20. The first-order chi connectivity index (χ1) is 14.6. The zero-order valence-electron chi connectivity index (χ0n) is 16.9. The van der Waals surface area contributed by atoms with Crippen LogP contribution in [0.15, 0.2) is 47.1 Å². The van der Waals surface area contributed by atoms with Crippen LogP contribution in [0.4, 0.5) is 5.82 Å². The van der Waals surface area contributed by atoms with Crippen molar-refractivity contribution in [1.82, 2.24) is 24.7 Å². The summed E-state index contributed by atoms with van der Waals surface area (Å²) < 4.78 is 6.88. The van der Waals surface area contributed by atoms with Crippen molar-refractivity contribution in [2.24, 2.45) is 0 Å². The lowest BCUT2D eigenvalue weighted by Gasteiger charge is -2.33. The molecule has 30 heavy (non-hydrogen) atoms. The minimum absolute atomic E-state index is 0.0449. The molecule has 8 nitrogen and oxygen atoms in total. The lowest BCUT2D eigenvalue weighted by Crippen LogP contribution is -2.48. The molecule has 1 aliphatic rings. The van der Waals surface area contributed by atoms with Gasteiger partial charge in [0.1, 0.15) is 11.6 Å². The summed E-state index contributed by atoms with van der Waals surface area (Å²) in [4.78, 5) is 17.1. The summed E-state index contributed by atoms with van der Waals surface area (Å²) in [6.45, 7) is 6.99. The summed E-state index contributed by atoms with van der Waals surface area (Å²) in [5.74, 6) is 1.45. The van der Waals surface area contributed by atoms with Crippen molar-refractivity contribution in [2.75, 3.05) is 38.0 Å². The van der Waals surface area contributed by atoms with E-state index < -0.39 is 0 Å². The monoisotopic (exact) mass is 428 g/mol. The fraction of sp³-hybridized carbons (Fsp3) is 0.381. The molecule has 0 radical (unpaired) electrons. The molecule has 1 aliphatic heterocycles. The number of aromatic nitrogens is 3. The van der Waals surface area contributed by atoms with Gasteiger partial charge in [-0.15, -0.1) is 0 Å². The van der Waals surface area contributed by atoms with Crippen LogP contribution >= 0.6 is 11.6 Å². The molecular weight excluding hydrogens is 404 g/mol. The van der Waals surface area contributed by atoms with E-state index in [0.29, 0.717) is 23.9 Å². The van der Waals surface area contributed by atoms with Gasteiger partial charge in [0, 0.05) is 49.9 Å². The van der Waals surface area contributed by atoms with E-state index in [1.165, 1.54) is 0 Å². The van der Waals surface area contributed by atoms with E-state index in [-0.39, 0.29) is 5.91 Å². The van der Waals surface area contributed by atoms with E-state index in [1.807, 2.05) is 37.3 Å². The third kappa shape index (κ3) is 5.27. The van der Waals surface area contributed by atoms with Gasteiger partial charge in [0.15, 0.2) is 0 Å². The largest absolute Gasteiger partial charge is 0.361 e. The molecule has 4 rings (SSSR count). The first-order valence-electron chi connectivity index (χ1n) is 9.99. The topological polar surface area (TPSA) is 79.4 Å².